The van der Waals surface area contributed by atoms with E-state index in [4.69, 9.17) is 4.74 Å². The fraction of sp³-hybridized carbons (Fsp3) is 0.308. The first kappa shape index (κ1) is 14.3. The van der Waals surface area contributed by atoms with Crippen molar-refractivity contribution in [1.29, 1.82) is 0 Å². The molecule has 0 aliphatic carbocycles. The molecule has 0 aliphatic heterocycles. The Kier molecular flexibility index (Phi) is 4.52. The van der Waals surface area contributed by atoms with Gasteiger partial charge in [-0.1, -0.05) is 17.4 Å². The number of carbonyl (C=O) groups excluding carboxylic acids is 1. The number of aryl methyl sites for hydroxylation is 1. The highest BCUT2D eigenvalue weighted by Gasteiger charge is 2.14. The molecule has 0 saturated carbocycles. The van der Waals surface area contributed by atoms with Crippen molar-refractivity contribution >= 4 is 28.1 Å². The average Bonchev–Trinajstić information content (AvgIpc) is 2.88. The van der Waals surface area contributed by atoms with Gasteiger partial charge in [0.05, 0.1) is 12.8 Å². The van der Waals surface area contributed by atoms with Gasteiger partial charge in [-0.3, -0.25) is 4.79 Å². The van der Waals surface area contributed by atoms with Gasteiger partial charge in [-0.05, 0) is 31.5 Å². The quantitative estimate of drug-likeness (QED) is 0.885. The van der Waals surface area contributed by atoms with E-state index in [0.29, 0.717) is 21.6 Å². The van der Waals surface area contributed by atoms with Crippen LogP contribution in [0.1, 0.15) is 22.3 Å². The Morgan fingerprint density at radius 3 is 2.90 bits per heavy atom. The Morgan fingerprint density at radius 2 is 2.20 bits per heavy atom. The fourth-order valence-electron chi connectivity index (χ4n) is 1.63. The van der Waals surface area contributed by atoms with Crippen LogP contribution in [0, 0.1) is 6.92 Å². The summed E-state index contributed by atoms with van der Waals surface area (Å²) in [6.07, 6.45) is 0. The van der Waals surface area contributed by atoms with Gasteiger partial charge < -0.3 is 15.4 Å². The molecule has 0 saturated heterocycles. The number of ether oxygens (including phenoxy) is 1. The van der Waals surface area contributed by atoms with Crippen LogP contribution in [0.4, 0.5) is 10.8 Å². The highest BCUT2D eigenvalue weighted by Crippen LogP contribution is 2.26. The van der Waals surface area contributed by atoms with Crippen molar-refractivity contribution in [2.75, 3.05) is 24.3 Å². The van der Waals surface area contributed by atoms with Gasteiger partial charge in [0.1, 0.15) is 5.75 Å². The normalized spacial score (nSPS) is 10.2. The number of anilines is 2. The zero-order valence-corrected chi connectivity index (χ0v) is 12.4. The number of amides is 1. The van der Waals surface area contributed by atoms with Crippen molar-refractivity contribution in [1.82, 2.24) is 10.2 Å². The molecule has 0 atom stereocenters. The van der Waals surface area contributed by atoms with E-state index in [1.807, 2.05) is 32.0 Å². The van der Waals surface area contributed by atoms with Crippen LogP contribution in [-0.2, 0) is 0 Å². The van der Waals surface area contributed by atoms with Gasteiger partial charge >= 0.3 is 0 Å². The van der Waals surface area contributed by atoms with Gasteiger partial charge in [-0.15, -0.1) is 10.2 Å². The lowest BCUT2D eigenvalue weighted by Gasteiger charge is -2.09. The molecule has 2 rings (SSSR count). The molecule has 106 valence electrons. The standard InChI is InChI=1S/C13H16N4O2S/c1-4-14-13-17-16-12(20-13)11(18)15-9-7-8(2)5-6-10(9)19-3/h5-7H,4H2,1-3H3,(H,14,17)(H,15,18). The molecule has 0 aliphatic rings. The summed E-state index contributed by atoms with van der Waals surface area (Å²) in [7, 11) is 1.56. The second kappa shape index (κ2) is 6.33. The third-order valence-corrected chi connectivity index (χ3v) is 3.43. The summed E-state index contributed by atoms with van der Waals surface area (Å²) in [6, 6.07) is 5.58. The molecule has 7 heteroatoms. The summed E-state index contributed by atoms with van der Waals surface area (Å²) in [6.45, 7) is 4.64. The van der Waals surface area contributed by atoms with E-state index in [9.17, 15) is 4.79 Å². The lowest BCUT2D eigenvalue weighted by atomic mass is 10.2. The largest absolute Gasteiger partial charge is 0.495 e. The molecule has 0 spiro atoms. The van der Waals surface area contributed by atoms with E-state index in [2.05, 4.69) is 20.8 Å². The van der Waals surface area contributed by atoms with Crippen molar-refractivity contribution in [3.63, 3.8) is 0 Å². The molecule has 2 aromatic rings. The lowest BCUT2D eigenvalue weighted by molar-refractivity contribution is 0.102. The molecular weight excluding hydrogens is 276 g/mol. The van der Waals surface area contributed by atoms with Crippen LogP contribution in [0.25, 0.3) is 0 Å². The lowest BCUT2D eigenvalue weighted by Crippen LogP contribution is -2.12. The first-order chi connectivity index (χ1) is 9.63. The molecule has 0 unspecified atom stereocenters. The first-order valence-electron chi connectivity index (χ1n) is 6.17. The second-order valence-electron chi connectivity index (χ2n) is 4.10. The maximum absolute atomic E-state index is 12.1. The molecule has 1 amide bonds. The molecule has 0 radical (unpaired) electrons. The highest BCUT2D eigenvalue weighted by molar-refractivity contribution is 7.17. The molecule has 20 heavy (non-hydrogen) atoms. The predicted octanol–water partition coefficient (Wildman–Crippen LogP) is 2.54. The summed E-state index contributed by atoms with van der Waals surface area (Å²) in [5, 5.41) is 14.5. The van der Waals surface area contributed by atoms with Gasteiger partial charge in [0.25, 0.3) is 5.91 Å². The highest BCUT2D eigenvalue weighted by atomic mass is 32.1. The number of nitrogens with zero attached hydrogens (tertiary/aromatic N) is 2. The molecule has 1 heterocycles. The first-order valence-corrected chi connectivity index (χ1v) is 6.99. The second-order valence-corrected chi connectivity index (χ2v) is 5.08. The maximum atomic E-state index is 12.1. The number of nitrogens with one attached hydrogen (secondary N) is 2. The van der Waals surface area contributed by atoms with Crippen LogP contribution in [0.2, 0.25) is 0 Å². The average molecular weight is 292 g/mol. The van der Waals surface area contributed by atoms with Gasteiger partial charge in [0, 0.05) is 6.54 Å². The molecular formula is C13H16N4O2S. The Balaban J connectivity index is 2.16. The topological polar surface area (TPSA) is 76.1 Å². The number of aromatic nitrogens is 2. The van der Waals surface area contributed by atoms with Crippen molar-refractivity contribution in [2.24, 2.45) is 0 Å². The monoisotopic (exact) mass is 292 g/mol. The van der Waals surface area contributed by atoms with E-state index < -0.39 is 0 Å². The molecule has 1 aromatic heterocycles. The SMILES string of the molecule is CCNc1nnc(C(=O)Nc2cc(C)ccc2OC)s1. The number of carbonyl (C=O) groups is 1. The van der Waals surface area contributed by atoms with E-state index in [0.717, 1.165) is 12.1 Å². The number of benzene rings is 1. The Labute approximate surface area is 121 Å². The van der Waals surface area contributed by atoms with Crippen LogP contribution in [0.3, 0.4) is 0 Å². The molecule has 0 bridgehead atoms. The Morgan fingerprint density at radius 1 is 1.40 bits per heavy atom. The van der Waals surface area contributed by atoms with Crippen LogP contribution in [0.15, 0.2) is 18.2 Å². The summed E-state index contributed by atoms with van der Waals surface area (Å²) >= 11 is 1.22. The minimum atomic E-state index is -0.296. The van der Waals surface area contributed by atoms with Crippen molar-refractivity contribution in [2.45, 2.75) is 13.8 Å². The third kappa shape index (κ3) is 3.24. The molecule has 6 nitrogen and oxygen atoms in total. The zero-order chi connectivity index (χ0) is 14.5. The predicted molar refractivity (Wildman–Crippen MR) is 79.8 cm³/mol. The van der Waals surface area contributed by atoms with Crippen molar-refractivity contribution in [3.8, 4) is 5.75 Å². The van der Waals surface area contributed by atoms with E-state index in [-0.39, 0.29) is 5.91 Å². The summed E-state index contributed by atoms with van der Waals surface area (Å²) in [4.78, 5) is 12.1. The van der Waals surface area contributed by atoms with Crippen LogP contribution < -0.4 is 15.4 Å². The number of methoxy groups -OCH3 is 1. The van der Waals surface area contributed by atoms with Crippen molar-refractivity contribution in [3.05, 3.63) is 28.8 Å². The van der Waals surface area contributed by atoms with Gasteiger partial charge in [-0.25, -0.2) is 0 Å². The number of hydrogen-bond donors (Lipinski definition) is 2. The molecule has 2 N–H and O–H groups in total. The number of rotatable bonds is 5. The van der Waals surface area contributed by atoms with Crippen molar-refractivity contribution < 1.29 is 9.53 Å². The smallest absolute Gasteiger partial charge is 0.286 e. The van der Waals surface area contributed by atoms with E-state index >= 15 is 0 Å². The minimum Gasteiger partial charge on any atom is -0.495 e. The summed E-state index contributed by atoms with van der Waals surface area (Å²) < 4.78 is 5.22. The minimum absolute atomic E-state index is 0.296. The van der Waals surface area contributed by atoms with Crippen LogP contribution in [-0.4, -0.2) is 29.8 Å². The molecule has 1 aromatic carbocycles. The van der Waals surface area contributed by atoms with E-state index in [1.54, 1.807) is 7.11 Å². The van der Waals surface area contributed by atoms with Gasteiger partial charge in [0.15, 0.2) is 0 Å². The summed E-state index contributed by atoms with van der Waals surface area (Å²) in [5.41, 5.74) is 1.66. The summed E-state index contributed by atoms with van der Waals surface area (Å²) in [5.74, 6) is 0.316. The van der Waals surface area contributed by atoms with E-state index in [1.165, 1.54) is 11.3 Å². The Hall–Kier alpha value is -2.15. The third-order valence-electron chi connectivity index (χ3n) is 2.55. The Bertz CT molecular complexity index is 612. The van der Waals surface area contributed by atoms with Crippen LogP contribution in [0.5, 0.6) is 5.75 Å². The molecule has 0 fully saturated rings. The number of hydrogen-bond acceptors (Lipinski definition) is 6. The maximum Gasteiger partial charge on any atom is 0.286 e. The van der Waals surface area contributed by atoms with Crippen LogP contribution >= 0.6 is 11.3 Å². The fourth-order valence-corrected chi connectivity index (χ4v) is 2.34. The zero-order valence-electron chi connectivity index (χ0n) is 11.6. The van der Waals surface area contributed by atoms with Gasteiger partial charge in [0.2, 0.25) is 10.1 Å². The van der Waals surface area contributed by atoms with Gasteiger partial charge in [-0.2, -0.15) is 0 Å².